The number of benzene rings is 3. The van der Waals surface area contributed by atoms with Gasteiger partial charge in [0.2, 0.25) is 11.8 Å². The Hall–Kier alpha value is -4.27. The quantitative estimate of drug-likeness (QED) is 0.281. The number of carbonyl (C=O) groups is 3. The number of nitrogens with two attached hydrogens (primary N) is 1. The molecule has 41 heavy (non-hydrogen) atoms. The van der Waals surface area contributed by atoms with E-state index in [1.807, 2.05) is 78.2 Å². The zero-order valence-electron chi connectivity index (χ0n) is 23.6. The summed E-state index contributed by atoms with van der Waals surface area (Å²) < 4.78 is 0. The summed E-state index contributed by atoms with van der Waals surface area (Å²) >= 11 is 1.54. The average molecular weight is 569 g/mol. The van der Waals surface area contributed by atoms with Gasteiger partial charge in [-0.05, 0) is 45.8 Å². The highest BCUT2D eigenvalue weighted by Gasteiger charge is 2.35. The van der Waals surface area contributed by atoms with Crippen LogP contribution in [-0.4, -0.2) is 60.7 Å². The SMILES string of the molecule is CNC(=O)[C@@H](Cc1cccs1)N(C)C(=O)[C@@H](Cc1ccc(-c2ccccc2)cc1)N(C)C(=O)c1cccc(CN)c1. The Morgan fingerprint density at radius 3 is 2.12 bits per heavy atom. The molecule has 212 valence electrons. The van der Waals surface area contributed by atoms with Gasteiger partial charge in [0.15, 0.2) is 0 Å². The molecule has 0 aliphatic carbocycles. The minimum atomic E-state index is -0.841. The molecule has 4 aromatic rings. The second kappa shape index (κ2) is 13.9. The van der Waals surface area contributed by atoms with Crippen molar-refractivity contribution in [1.29, 1.82) is 0 Å². The van der Waals surface area contributed by atoms with Crippen molar-refractivity contribution in [2.45, 2.75) is 31.5 Å². The molecule has 1 aromatic heterocycles. The van der Waals surface area contributed by atoms with Gasteiger partial charge in [0.25, 0.3) is 5.91 Å². The van der Waals surface area contributed by atoms with E-state index in [9.17, 15) is 14.4 Å². The highest BCUT2D eigenvalue weighted by Crippen LogP contribution is 2.22. The van der Waals surface area contributed by atoms with E-state index in [2.05, 4.69) is 5.32 Å². The fourth-order valence-electron chi connectivity index (χ4n) is 4.83. The molecule has 3 N–H and O–H groups in total. The summed E-state index contributed by atoms with van der Waals surface area (Å²) in [7, 11) is 4.84. The lowest BCUT2D eigenvalue weighted by Gasteiger charge is -2.34. The molecule has 1 heterocycles. The minimum Gasteiger partial charge on any atom is -0.357 e. The van der Waals surface area contributed by atoms with E-state index in [0.29, 0.717) is 18.5 Å². The third-order valence-electron chi connectivity index (χ3n) is 7.31. The van der Waals surface area contributed by atoms with Crippen molar-refractivity contribution in [2.75, 3.05) is 21.1 Å². The Morgan fingerprint density at radius 2 is 1.49 bits per heavy atom. The Kier molecular flexibility index (Phi) is 10.1. The van der Waals surface area contributed by atoms with Crippen LogP contribution in [0.2, 0.25) is 0 Å². The molecule has 0 spiro atoms. The topological polar surface area (TPSA) is 95.7 Å². The van der Waals surface area contributed by atoms with Gasteiger partial charge >= 0.3 is 0 Å². The number of rotatable bonds is 11. The minimum absolute atomic E-state index is 0.259. The molecule has 7 nitrogen and oxygen atoms in total. The lowest BCUT2D eigenvalue weighted by atomic mass is 9.98. The van der Waals surface area contributed by atoms with Crippen LogP contribution in [0, 0.1) is 0 Å². The third-order valence-corrected chi connectivity index (χ3v) is 8.21. The number of hydrogen-bond donors (Lipinski definition) is 2. The van der Waals surface area contributed by atoms with Crippen LogP contribution in [0.25, 0.3) is 11.1 Å². The largest absolute Gasteiger partial charge is 0.357 e. The number of thiophene rings is 1. The summed E-state index contributed by atoms with van der Waals surface area (Å²) in [6.45, 7) is 0.306. The van der Waals surface area contributed by atoms with Gasteiger partial charge in [-0.2, -0.15) is 0 Å². The fourth-order valence-corrected chi connectivity index (χ4v) is 5.58. The predicted molar refractivity (Wildman–Crippen MR) is 164 cm³/mol. The Labute approximate surface area is 245 Å². The maximum Gasteiger partial charge on any atom is 0.254 e. The van der Waals surface area contributed by atoms with E-state index in [1.54, 1.807) is 39.3 Å². The number of nitrogens with zero attached hydrogens (tertiary/aromatic N) is 2. The smallest absolute Gasteiger partial charge is 0.254 e. The summed E-state index contributed by atoms with van der Waals surface area (Å²) in [4.78, 5) is 44.7. The summed E-state index contributed by atoms with van der Waals surface area (Å²) in [6, 6.07) is 27.5. The van der Waals surface area contributed by atoms with Crippen LogP contribution < -0.4 is 11.1 Å². The van der Waals surface area contributed by atoms with Crippen molar-refractivity contribution in [3.63, 3.8) is 0 Å². The van der Waals surface area contributed by atoms with Crippen LogP contribution in [0.5, 0.6) is 0 Å². The monoisotopic (exact) mass is 568 g/mol. The summed E-state index contributed by atoms with van der Waals surface area (Å²) in [5, 5.41) is 4.64. The number of likely N-dealkylation sites (N-methyl/N-ethyl adjacent to an activating group) is 3. The normalized spacial score (nSPS) is 12.3. The van der Waals surface area contributed by atoms with Crippen LogP contribution in [0.15, 0.2) is 96.4 Å². The Bertz CT molecular complexity index is 1460. The molecule has 0 aliphatic heterocycles. The lowest BCUT2D eigenvalue weighted by Crippen LogP contribution is -2.55. The first-order chi connectivity index (χ1) is 19.8. The number of nitrogens with one attached hydrogen (secondary N) is 1. The van der Waals surface area contributed by atoms with Crippen LogP contribution in [0.3, 0.4) is 0 Å². The van der Waals surface area contributed by atoms with Crippen molar-refractivity contribution < 1.29 is 14.4 Å². The molecule has 0 radical (unpaired) electrons. The first-order valence-corrected chi connectivity index (χ1v) is 14.4. The van der Waals surface area contributed by atoms with Crippen molar-refractivity contribution >= 4 is 29.1 Å². The van der Waals surface area contributed by atoms with Crippen molar-refractivity contribution in [2.24, 2.45) is 5.73 Å². The molecule has 0 unspecified atom stereocenters. The summed E-state index contributed by atoms with van der Waals surface area (Å²) in [5.74, 6) is -0.860. The third kappa shape index (κ3) is 7.28. The molecular weight excluding hydrogens is 532 g/mol. The molecule has 0 aliphatic rings. The molecule has 0 bridgehead atoms. The Morgan fingerprint density at radius 1 is 0.780 bits per heavy atom. The van der Waals surface area contributed by atoms with Gasteiger partial charge in [-0.15, -0.1) is 11.3 Å². The fraction of sp³-hybridized carbons (Fsp3) is 0.242. The lowest BCUT2D eigenvalue weighted by molar-refractivity contribution is -0.142. The maximum atomic E-state index is 14.2. The molecule has 3 amide bonds. The molecule has 0 saturated carbocycles. The second-order valence-corrected chi connectivity index (χ2v) is 11.0. The number of carbonyl (C=O) groups excluding carboxylic acids is 3. The van der Waals surface area contributed by atoms with Gasteiger partial charge in [0, 0.05) is 51.0 Å². The van der Waals surface area contributed by atoms with E-state index < -0.39 is 12.1 Å². The van der Waals surface area contributed by atoms with Crippen molar-refractivity contribution in [1.82, 2.24) is 15.1 Å². The van der Waals surface area contributed by atoms with E-state index in [-0.39, 0.29) is 24.1 Å². The molecule has 0 saturated heterocycles. The van der Waals surface area contributed by atoms with Crippen LogP contribution in [-0.2, 0) is 29.0 Å². The van der Waals surface area contributed by atoms with E-state index >= 15 is 0 Å². The average Bonchev–Trinajstić information content (AvgIpc) is 3.55. The summed E-state index contributed by atoms with van der Waals surface area (Å²) in [5.41, 5.74) is 10.2. The van der Waals surface area contributed by atoms with E-state index in [0.717, 1.165) is 27.1 Å². The van der Waals surface area contributed by atoms with Gasteiger partial charge in [0.1, 0.15) is 12.1 Å². The van der Waals surface area contributed by atoms with Gasteiger partial charge in [-0.1, -0.05) is 72.8 Å². The second-order valence-electron chi connectivity index (χ2n) is 9.97. The zero-order valence-corrected chi connectivity index (χ0v) is 24.4. The standard InChI is InChI=1S/C33H36N4O3S/c1-35-31(38)29(21-28-13-8-18-41-28)36(2)33(40)30(37(3)32(39)27-12-7-9-24(19-27)22-34)20-23-14-16-26(17-15-23)25-10-5-4-6-11-25/h4-19,29-30H,20-22,34H2,1-3H3,(H,35,38)/t29-,30-/m1/s1. The van der Waals surface area contributed by atoms with Crippen LogP contribution in [0.1, 0.15) is 26.4 Å². The molecule has 8 heteroatoms. The first kappa shape index (κ1) is 29.7. The van der Waals surface area contributed by atoms with Gasteiger partial charge < -0.3 is 20.9 Å². The van der Waals surface area contributed by atoms with E-state index in [1.165, 1.54) is 21.1 Å². The maximum absolute atomic E-state index is 14.2. The Balaban J connectivity index is 1.65. The van der Waals surface area contributed by atoms with Gasteiger partial charge in [-0.25, -0.2) is 0 Å². The highest BCUT2D eigenvalue weighted by atomic mass is 32.1. The van der Waals surface area contributed by atoms with Crippen molar-refractivity contribution in [3.8, 4) is 11.1 Å². The van der Waals surface area contributed by atoms with Gasteiger partial charge in [0.05, 0.1) is 0 Å². The predicted octanol–water partition coefficient (Wildman–Crippen LogP) is 4.37. The molecule has 2 atom stereocenters. The van der Waals surface area contributed by atoms with Gasteiger partial charge in [-0.3, -0.25) is 14.4 Å². The molecule has 0 fully saturated rings. The molecule has 3 aromatic carbocycles. The number of hydrogen-bond acceptors (Lipinski definition) is 5. The van der Waals surface area contributed by atoms with E-state index in [4.69, 9.17) is 5.73 Å². The highest BCUT2D eigenvalue weighted by molar-refractivity contribution is 7.09. The first-order valence-electron chi connectivity index (χ1n) is 13.5. The van der Waals surface area contributed by atoms with Crippen LogP contribution >= 0.6 is 11.3 Å². The summed E-state index contributed by atoms with van der Waals surface area (Å²) in [6.07, 6.45) is 0.671. The molecular formula is C33H36N4O3S. The zero-order chi connectivity index (χ0) is 29.4. The van der Waals surface area contributed by atoms with Crippen LogP contribution in [0.4, 0.5) is 0 Å². The molecule has 4 rings (SSSR count). The number of amides is 3. The van der Waals surface area contributed by atoms with Crippen molar-refractivity contribution in [3.05, 3.63) is 118 Å².